The third-order valence-corrected chi connectivity index (χ3v) is 5.76. The van der Waals surface area contributed by atoms with Gasteiger partial charge in [-0.25, -0.2) is 4.79 Å². The number of nitrogens with one attached hydrogen (secondary N) is 2. The summed E-state index contributed by atoms with van der Waals surface area (Å²) in [6.45, 7) is 2.21. The van der Waals surface area contributed by atoms with Crippen molar-refractivity contribution >= 4 is 17.7 Å². The second kappa shape index (κ2) is 7.47. The van der Waals surface area contributed by atoms with Crippen LogP contribution in [0, 0.1) is 17.2 Å². The van der Waals surface area contributed by atoms with Crippen LogP contribution < -0.4 is 16.4 Å². The number of carbonyl (C=O) groups excluding carboxylic acids is 2. The minimum absolute atomic E-state index is 0.00356. The van der Waals surface area contributed by atoms with Gasteiger partial charge in [-0.2, -0.15) is 5.26 Å². The minimum atomic E-state index is -1.33. The molecule has 11 heteroatoms. The number of hydrogen-bond donors (Lipinski definition) is 5. The number of Topliss-reactive ketones (excluding diaryl/α,β-unsaturated/α-hetero) is 2. The standard InChI is InChI=1S/C17H20N4O4.CH3NO2/c1-8-12(19-5-3-4-18)15(24)11-9(7-22)17(25-2)16-10(20-16)6-21(17)13(11)14(8)23;2-1(3)4/h9-10,16,19-20,22H,3,5-7H2,1-2H3;2H2,(H,3,4). The largest absolute Gasteiger partial charge is 0.465 e. The monoisotopic (exact) mass is 405 g/mol. The fourth-order valence-electron chi connectivity index (χ4n) is 4.60. The molecule has 0 aromatic carbocycles. The fourth-order valence-corrected chi connectivity index (χ4v) is 4.60. The van der Waals surface area contributed by atoms with E-state index in [2.05, 4.69) is 16.4 Å². The number of aliphatic hydroxyl groups excluding tert-OH is 1. The number of nitrogens with two attached hydrogens (primary N) is 1. The van der Waals surface area contributed by atoms with Gasteiger partial charge in [0.25, 0.3) is 0 Å². The van der Waals surface area contributed by atoms with Crippen molar-refractivity contribution in [3.63, 3.8) is 0 Å². The molecule has 4 rings (SSSR count). The SMILES string of the molecule is COC12C(CO)C3=C(C(=O)C(C)=C(NCCC#N)C3=O)N1CC1NC12.NC(=O)O. The topological polar surface area (TPSA) is 188 Å². The average Bonchev–Trinajstić information content (AvgIpc) is 3.28. The number of methoxy groups -OCH3 is 1. The van der Waals surface area contributed by atoms with Crippen molar-refractivity contribution in [2.24, 2.45) is 11.7 Å². The van der Waals surface area contributed by atoms with E-state index in [1.807, 2.05) is 11.0 Å². The maximum atomic E-state index is 13.1. The summed E-state index contributed by atoms with van der Waals surface area (Å²) >= 11 is 0. The lowest BCUT2D eigenvalue weighted by molar-refractivity contribution is -0.137. The summed E-state index contributed by atoms with van der Waals surface area (Å²) in [5.41, 5.74) is 4.40. The van der Waals surface area contributed by atoms with E-state index < -0.39 is 17.7 Å². The molecule has 3 aliphatic heterocycles. The number of aliphatic hydroxyl groups is 1. The Balaban J connectivity index is 0.000000552. The van der Waals surface area contributed by atoms with Gasteiger partial charge in [0.15, 0.2) is 5.72 Å². The van der Waals surface area contributed by atoms with E-state index in [9.17, 15) is 14.7 Å². The first-order valence-corrected chi connectivity index (χ1v) is 9.09. The minimum Gasteiger partial charge on any atom is -0.465 e. The third kappa shape index (κ3) is 2.96. The lowest BCUT2D eigenvalue weighted by Crippen LogP contribution is -2.54. The Morgan fingerprint density at radius 2 is 2.14 bits per heavy atom. The number of carbonyl (C=O) groups is 3. The first-order chi connectivity index (χ1) is 13.8. The summed E-state index contributed by atoms with van der Waals surface area (Å²) in [5, 5.41) is 32.2. The summed E-state index contributed by atoms with van der Waals surface area (Å²) in [5.74, 6) is -1.09. The smallest absolute Gasteiger partial charge is 0.402 e. The molecule has 4 aliphatic rings. The van der Waals surface area contributed by atoms with Crippen molar-refractivity contribution in [1.82, 2.24) is 15.5 Å². The van der Waals surface area contributed by atoms with Crippen LogP contribution in [0.5, 0.6) is 0 Å². The molecule has 29 heavy (non-hydrogen) atoms. The van der Waals surface area contributed by atoms with Gasteiger partial charge in [-0.05, 0) is 6.92 Å². The normalized spacial score (nSPS) is 31.5. The van der Waals surface area contributed by atoms with Gasteiger partial charge in [0.2, 0.25) is 11.6 Å². The quantitative estimate of drug-likeness (QED) is 0.203. The third-order valence-electron chi connectivity index (χ3n) is 5.76. The molecular weight excluding hydrogens is 382 g/mol. The number of ether oxygens (including phenoxy) is 1. The van der Waals surface area contributed by atoms with Gasteiger partial charge in [-0.1, -0.05) is 0 Å². The Kier molecular flexibility index (Phi) is 5.36. The molecule has 0 saturated carbocycles. The van der Waals surface area contributed by atoms with Gasteiger partial charge in [0.1, 0.15) is 0 Å². The van der Waals surface area contributed by atoms with Gasteiger partial charge in [-0.15, -0.1) is 0 Å². The first kappa shape index (κ1) is 20.8. The molecule has 3 heterocycles. The summed E-state index contributed by atoms with van der Waals surface area (Å²) in [6.07, 6.45) is -1.10. The van der Waals surface area contributed by atoms with Crippen LogP contribution in [0.2, 0.25) is 0 Å². The first-order valence-electron chi connectivity index (χ1n) is 9.09. The Morgan fingerprint density at radius 1 is 1.48 bits per heavy atom. The zero-order valence-corrected chi connectivity index (χ0v) is 16.1. The summed E-state index contributed by atoms with van der Waals surface area (Å²) in [7, 11) is 1.55. The van der Waals surface area contributed by atoms with E-state index in [4.69, 9.17) is 19.9 Å². The highest BCUT2D eigenvalue weighted by Crippen LogP contribution is 2.55. The molecular formula is C18H23N5O6. The molecule has 6 N–H and O–H groups in total. The van der Waals surface area contributed by atoms with Crippen molar-refractivity contribution in [1.29, 1.82) is 5.26 Å². The van der Waals surface area contributed by atoms with Crippen molar-refractivity contribution in [3.8, 4) is 6.07 Å². The highest BCUT2D eigenvalue weighted by Gasteiger charge is 2.72. The lowest BCUT2D eigenvalue weighted by Gasteiger charge is -2.39. The van der Waals surface area contributed by atoms with Crippen LogP contribution in [-0.2, 0) is 14.3 Å². The molecule has 1 amide bonds. The van der Waals surface area contributed by atoms with Gasteiger partial charge in [-0.3, -0.25) is 9.59 Å². The van der Waals surface area contributed by atoms with Crippen molar-refractivity contribution in [3.05, 3.63) is 22.5 Å². The predicted octanol–water partition coefficient (Wildman–Crippen LogP) is -1.59. The number of fused-ring (bicyclic) bond motifs is 4. The van der Waals surface area contributed by atoms with E-state index in [1.54, 1.807) is 14.0 Å². The van der Waals surface area contributed by atoms with E-state index >= 15 is 0 Å². The number of piperazine rings is 1. The number of ketones is 2. The maximum absolute atomic E-state index is 13.1. The van der Waals surface area contributed by atoms with E-state index in [0.29, 0.717) is 29.9 Å². The Labute approximate surface area is 166 Å². The van der Waals surface area contributed by atoms with Crippen LogP contribution in [0.15, 0.2) is 22.5 Å². The molecule has 2 fully saturated rings. The van der Waals surface area contributed by atoms with Crippen LogP contribution in [0.1, 0.15) is 13.3 Å². The summed E-state index contributed by atoms with van der Waals surface area (Å²) < 4.78 is 5.81. The average molecular weight is 405 g/mol. The maximum Gasteiger partial charge on any atom is 0.402 e. The molecule has 0 spiro atoms. The van der Waals surface area contributed by atoms with Crippen molar-refractivity contribution in [2.75, 3.05) is 26.8 Å². The second-order valence-corrected chi connectivity index (χ2v) is 7.15. The van der Waals surface area contributed by atoms with E-state index in [-0.39, 0.29) is 42.4 Å². The molecule has 0 aromatic rings. The van der Waals surface area contributed by atoms with Crippen LogP contribution in [-0.4, -0.2) is 77.4 Å². The number of hydrogen-bond acceptors (Lipinski definition) is 9. The Morgan fingerprint density at radius 3 is 2.69 bits per heavy atom. The molecule has 0 aromatic heterocycles. The number of amides is 1. The molecule has 0 bridgehead atoms. The predicted molar refractivity (Wildman–Crippen MR) is 97.9 cm³/mol. The lowest BCUT2D eigenvalue weighted by atomic mass is 9.82. The van der Waals surface area contributed by atoms with E-state index in [0.717, 1.165) is 0 Å². The number of carboxylic acid groups (broad SMARTS) is 1. The number of primary amides is 1. The highest BCUT2D eigenvalue weighted by molar-refractivity contribution is 6.25. The van der Waals surface area contributed by atoms with Gasteiger partial charge in [0, 0.05) is 37.4 Å². The van der Waals surface area contributed by atoms with Crippen LogP contribution in [0.25, 0.3) is 0 Å². The Bertz CT molecular complexity index is 870. The van der Waals surface area contributed by atoms with E-state index in [1.165, 1.54) is 0 Å². The number of allylic oxidation sites excluding steroid dienone is 2. The summed E-state index contributed by atoms with van der Waals surface area (Å²) in [4.78, 5) is 36.8. The summed E-state index contributed by atoms with van der Waals surface area (Å²) in [6, 6.07) is 2.21. The van der Waals surface area contributed by atoms with Crippen molar-refractivity contribution in [2.45, 2.75) is 31.2 Å². The van der Waals surface area contributed by atoms with Gasteiger partial charge < -0.3 is 36.2 Å². The van der Waals surface area contributed by atoms with Gasteiger partial charge >= 0.3 is 6.09 Å². The Hall–Kier alpha value is -2.94. The molecule has 11 nitrogen and oxygen atoms in total. The number of nitrogens with zero attached hydrogens (tertiary/aromatic N) is 2. The molecule has 2 saturated heterocycles. The fraction of sp³-hybridized carbons (Fsp3) is 0.556. The van der Waals surface area contributed by atoms with Crippen LogP contribution in [0.3, 0.4) is 0 Å². The zero-order valence-electron chi connectivity index (χ0n) is 16.1. The van der Waals surface area contributed by atoms with Crippen LogP contribution >= 0.6 is 0 Å². The molecule has 1 aliphatic carbocycles. The zero-order chi connectivity index (χ0) is 21.5. The van der Waals surface area contributed by atoms with Crippen molar-refractivity contribution < 1.29 is 29.3 Å². The van der Waals surface area contributed by atoms with Gasteiger partial charge in [0.05, 0.1) is 42.5 Å². The molecule has 0 radical (unpaired) electrons. The number of nitriles is 1. The molecule has 4 unspecified atom stereocenters. The second-order valence-electron chi connectivity index (χ2n) is 7.15. The highest BCUT2D eigenvalue weighted by atomic mass is 16.5. The molecule has 156 valence electrons. The number of rotatable bonds is 5. The van der Waals surface area contributed by atoms with Crippen LogP contribution in [0.4, 0.5) is 4.79 Å². The molecule has 4 atom stereocenters.